The summed E-state index contributed by atoms with van der Waals surface area (Å²) in [6.45, 7) is 10.2. The molecule has 0 spiro atoms. The van der Waals surface area contributed by atoms with Crippen molar-refractivity contribution in [3.63, 3.8) is 0 Å². The second-order valence-electron chi connectivity index (χ2n) is 9.60. The Hall–Kier alpha value is -2.27. The molecule has 3 aliphatic heterocycles. The lowest BCUT2D eigenvalue weighted by Crippen LogP contribution is -2.37. The van der Waals surface area contributed by atoms with Gasteiger partial charge in [-0.1, -0.05) is 56.4 Å². The molecule has 3 unspecified atom stereocenters. The fourth-order valence-electron chi connectivity index (χ4n) is 5.02. The quantitative estimate of drug-likeness (QED) is 0.300. The van der Waals surface area contributed by atoms with Crippen LogP contribution in [0.4, 0.5) is 0 Å². The number of hydrogen-bond donors (Lipinski definition) is 0. The number of rotatable bonds is 2. The first-order valence-electron chi connectivity index (χ1n) is 12.5. The molecule has 0 saturated carbocycles. The molecule has 188 valence electrons. The van der Waals surface area contributed by atoms with E-state index < -0.39 is 0 Å². The van der Waals surface area contributed by atoms with E-state index in [4.69, 9.17) is 23.8 Å². The minimum Gasteiger partial charge on any atom is -0.457 e. The molecule has 0 N–H and O–H groups in total. The molecule has 0 aromatic rings. The Bertz CT molecular complexity index is 776. The first kappa shape index (κ1) is 28.0. The van der Waals surface area contributed by atoms with Crippen LogP contribution >= 0.6 is 0 Å². The van der Waals surface area contributed by atoms with Crippen molar-refractivity contribution >= 4 is 12.1 Å². The van der Waals surface area contributed by atoms with Crippen LogP contribution in [0.3, 0.4) is 0 Å². The lowest BCUT2D eigenvalue weighted by atomic mass is 9.90. The van der Waals surface area contributed by atoms with Gasteiger partial charge < -0.3 is 14.2 Å². The molecule has 4 bridgehead atoms. The first-order chi connectivity index (χ1) is 16.4. The number of hydrogen-bond acceptors (Lipinski definition) is 6. The van der Waals surface area contributed by atoms with Gasteiger partial charge >= 0.3 is 12.1 Å². The van der Waals surface area contributed by atoms with E-state index in [1.54, 1.807) is 6.08 Å². The molecule has 3 aliphatic rings. The average molecular weight is 473 g/mol. The number of carbonyl (C=O) groups is 1. The summed E-state index contributed by atoms with van der Waals surface area (Å²) in [6.07, 6.45) is 20.0. The molecule has 3 rings (SSSR count). The van der Waals surface area contributed by atoms with E-state index in [0.29, 0.717) is 12.0 Å². The molecule has 2 fully saturated rings. The van der Waals surface area contributed by atoms with E-state index in [1.807, 2.05) is 12.2 Å². The second kappa shape index (κ2) is 14.9. The number of carbonyl (C=O) groups excluding carboxylic acids is 3. The minimum absolute atomic E-state index is 0.0849. The summed E-state index contributed by atoms with van der Waals surface area (Å²) in [7, 11) is 0. The third kappa shape index (κ3) is 9.54. The van der Waals surface area contributed by atoms with Crippen molar-refractivity contribution in [3.05, 3.63) is 48.6 Å². The van der Waals surface area contributed by atoms with Crippen molar-refractivity contribution in [2.45, 2.75) is 103 Å². The Labute approximate surface area is 204 Å². The van der Waals surface area contributed by atoms with Gasteiger partial charge in [-0.3, -0.25) is 4.79 Å². The number of fused-ring (bicyclic) bond motifs is 4. The SMILES string of the molecule is C=C/C=C/C1OC(=O)CC2C/C(=C\C)C[C@H](CC3CCC[C@H](C[C@@H](C)/C=C/[C@@H]1C)O3)O2.O=C=O. The normalized spacial score (nSPS) is 37.1. The van der Waals surface area contributed by atoms with Crippen LogP contribution in [0, 0.1) is 11.8 Å². The molecule has 0 amide bonds. The topological polar surface area (TPSA) is 78.9 Å². The van der Waals surface area contributed by atoms with E-state index in [0.717, 1.165) is 38.5 Å². The summed E-state index contributed by atoms with van der Waals surface area (Å²) in [5, 5.41) is 0. The van der Waals surface area contributed by atoms with Crippen molar-refractivity contribution < 1.29 is 28.6 Å². The maximum atomic E-state index is 12.8. The smallest absolute Gasteiger partial charge is 0.373 e. The lowest BCUT2D eigenvalue weighted by Gasteiger charge is -2.37. The predicted octanol–water partition coefficient (Wildman–Crippen LogP) is 5.50. The van der Waals surface area contributed by atoms with Gasteiger partial charge in [0.25, 0.3) is 0 Å². The molecule has 6 heteroatoms. The van der Waals surface area contributed by atoms with Gasteiger partial charge in [0.05, 0.1) is 30.8 Å². The van der Waals surface area contributed by atoms with Gasteiger partial charge in [-0.25, -0.2) is 0 Å². The molecule has 3 heterocycles. The van der Waals surface area contributed by atoms with Crippen molar-refractivity contribution in [3.8, 4) is 0 Å². The van der Waals surface area contributed by atoms with Crippen molar-refractivity contribution in [2.24, 2.45) is 11.8 Å². The van der Waals surface area contributed by atoms with Crippen LogP contribution in [0.25, 0.3) is 0 Å². The summed E-state index contributed by atoms with van der Waals surface area (Å²) in [5.41, 5.74) is 1.37. The van der Waals surface area contributed by atoms with Gasteiger partial charge in [0.1, 0.15) is 6.10 Å². The summed E-state index contributed by atoms with van der Waals surface area (Å²) in [4.78, 5) is 29.0. The average Bonchev–Trinajstić information content (AvgIpc) is 2.80. The van der Waals surface area contributed by atoms with Gasteiger partial charge in [-0.05, 0) is 57.4 Å². The molecule has 0 aromatic carbocycles. The van der Waals surface area contributed by atoms with Gasteiger partial charge in [-0.2, -0.15) is 9.59 Å². The van der Waals surface area contributed by atoms with Crippen LogP contribution in [0.15, 0.2) is 48.6 Å². The molecular formula is C28H40O6. The van der Waals surface area contributed by atoms with E-state index in [-0.39, 0.29) is 48.9 Å². The van der Waals surface area contributed by atoms with Crippen molar-refractivity contribution in [1.29, 1.82) is 0 Å². The molecule has 7 atom stereocenters. The van der Waals surface area contributed by atoms with Crippen LogP contribution in [0.2, 0.25) is 0 Å². The fourth-order valence-corrected chi connectivity index (χ4v) is 5.02. The number of allylic oxidation sites excluding steroid dienone is 4. The molecule has 34 heavy (non-hydrogen) atoms. The zero-order valence-corrected chi connectivity index (χ0v) is 20.8. The standard InChI is InChI=1S/C27H40O4.CO2/c1-5-7-11-26-20(4)13-12-19(3)14-22-9-8-10-23(29-22)17-24-15-21(6-2)16-25(30-24)18-27(28)31-26;2-1-3/h5-7,11-13,19-20,22-26H,1,8-10,14-18H2,2-4H3;/b11-7+,13-12+,21-6-;/t19-,20-,22+,23?,24+,25?,26?;/m0./s1. The van der Waals surface area contributed by atoms with Crippen LogP contribution < -0.4 is 0 Å². The highest BCUT2D eigenvalue weighted by molar-refractivity contribution is 5.70. The predicted molar refractivity (Wildman–Crippen MR) is 130 cm³/mol. The summed E-state index contributed by atoms with van der Waals surface area (Å²) < 4.78 is 18.8. The Morgan fingerprint density at radius 2 is 1.62 bits per heavy atom. The van der Waals surface area contributed by atoms with Crippen LogP contribution in [0.5, 0.6) is 0 Å². The highest BCUT2D eigenvalue weighted by Crippen LogP contribution is 2.33. The lowest BCUT2D eigenvalue weighted by molar-refractivity contribution is -0.191. The zero-order chi connectivity index (χ0) is 24.9. The van der Waals surface area contributed by atoms with Gasteiger partial charge in [0, 0.05) is 12.3 Å². The van der Waals surface area contributed by atoms with Crippen LogP contribution in [-0.4, -0.2) is 42.6 Å². The third-order valence-corrected chi connectivity index (χ3v) is 6.73. The maximum absolute atomic E-state index is 12.8. The van der Waals surface area contributed by atoms with E-state index in [1.165, 1.54) is 12.0 Å². The zero-order valence-electron chi connectivity index (χ0n) is 20.8. The Balaban J connectivity index is 0.00000129. The number of esters is 1. The molecule has 0 aliphatic carbocycles. The highest BCUT2D eigenvalue weighted by atomic mass is 16.5. The largest absolute Gasteiger partial charge is 0.457 e. The Morgan fingerprint density at radius 1 is 0.971 bits per heavy atom. The molecule has 0 radical (unpaired) electrons. The summed E-state index contributed by atoms with van der Waals surface area (Å²) >= 11 is 0. The van der Waals surface area contributed by atoms with Crippen LogP contribution in [-0.2, 0) is 28.6 Å². The highest BCUT2D eigenvalue weighted by Gasteiger charge is 2.32. The molecule has 2 saturated heterocycles. The minimum atomic E-state index is -0.308. The van der Waals surface area contributed by atoms with Crippen molar-refractivity contribution in [1.82, 2.24) is 0 Å². The Morgan fingerprint density at radius 3 is 2.29 bits per heavy atom. The first-order valence-corrected chi connectivity index (χ1v) is 12.5. The van der Waals surface area contributed by atoms with E-state index in [2.05, 4.69) is 45.6 Å². The molecule has 0 aromatic heterocycles. The van der Waals surface area contributed by atoms with Crippen molar-refractivity contribution in [2.75, 3.05) is 0 Å². The summed E-state index contributed by atoms with van der Waals surface area (Å²) in [5.74, 6) is 0.305. The maximum Gasteiger partial charge on any atom is 0.373 e. The summed E-state index contributed by atoms with van der Waals surface area (Å²) in [6, 6.07) is 0. The molecule has 6 nitrogen and oxygen atoms in total. The number of ether oxygens (including phenoxy) is 3. The van der Waals surface area contributed by atoms with Gasteiger partial charge in [-0.15, -0.1) is 0 Å². The monoisotopic (exact) mass is 472 g/mol. The third-order valence-electron chi connectivity index (χ3n) is 6.73. The van der Waals surface area contributed by atoms with E-state index >= 15 is 0 Å². The second-order valence-corrected chi connectivity index (χ2v) is 9.60. The number of cyclic esters (lactones) is 1. The van der Waals surface area contributed by atoms with Gasteiger partial charge in [0.2, 0.25) is 0 Å². The molecular weight excluding hydrogens is 432 g/mol. The van der Waals surface area contributed by atoms with E-state index in [9.17, 15) is 4.79 Å². The Kier molecular flexibility index (Phi) is 12.2. The van der Waals surface area contributed by atoms with Crippen LogP contribution in [0.1, 0.15) is 72.1 Å². The fraction of sp³-hybridized carbons (Fsp3) is 0.643. The van der Waals surface area contributed by atoms with Gasteiger partial charge in [0.15, 0.2) is 0 Å².